The number of hydrogen-bond acceptors (Lipinski definition) is 11. The molecule has 0 unspecified atom stereocenters. The highest BCUT2D eigenvalue weighted by atomic mass is 16.6. The van der Waals surface area contributed by atoms with Crippen LogP contribution in [0.25, 0.3) is 43.6 Å². The molecule has 0 aliphatic carbocycles. The summed E-state index contributed by atoms with van der Waals surface area (Å²) in [4.78, 5) is 76.1. The molecule has 228 valence electrons. The number of benzene rings is 3. The van der Waals surface area contributed by atoms with Gasteiger partial charge >= 0.3 is 29.8 Å². The van der Waals surface area contributed by atoms with Crippen molar-refractivity contribution in [2.45, 2.75) is 45.3 Å². The number of nitrogens with zero attached hydrogens (tertiary/aromatic N) is 2. The van der Waals surface area contributed by atoms with Crippen LogP contribution in [0.3, 0.4) is 0 Å². The third-order valence-corrected chi connectivity index (χ3v) is 8.07. The van der Waals surface area contributed by atoms with Crippen LogP contribution in [0, 0.1) is 0 Å². The highest BCUT2D eigenvalue weighted by Crippen LogP contribution is 2.47. The van der Waals surface area contributed by atoms with Crippen molar-refractivity contribution in [2.75, 3.05) is 6.61 Å². The van der Waals surface area contributed by atoms with Crippen LogP contribution in [0.1, 0.15) is 47.7 Å². The number of aromatic nitrogens is 2. The standard InChI is InChI=1S/C32H24N2O11/c1-14(36)42-21-12-41-30(29(44-16(3)38)28(21)43-15(2)37)34-20-11-7-5-9-18(20)23-25-24(31(39)45-32(25)40)22-17-8-4-6-10-19(17)33(13-35)26(22)27(23)34/h4-11,13,21,28-30H,12H2,1-3H3/t21-,28+,29-,30-/m1/s1. The van der Waals surface area contributed by atoms with Crippen molar-refractivity contribution in [2.24, 2.45) is 0 Å². The van der Waals surface area contributed by atoms with Crippen LogP contribution >= 0.6 is 0 Å². The molecule has 0 spiro atoms. The normalized spacial score (nSPS) is 21.2. The van der Waals surface area contributed by atoms with Gasteiger partial charge in [-0.05, 0) is 12.1 Å². The second-order valence-electron chi connectivity index (χ2n) is 10.8. The van der Waals surface area contributed by atoms with Crippen molar-refractivity contribution in [3.63, 3.8) is 0 Å². The first-order valence-corrected chi connectivity index (χ1v) is 14.0. The van der Waals surface area contributed by atoms with Gasteiger partial charge in [0.1, 0.15) is 0 Å². The minimum Gasteiger partial charge on any atom is -0.456 e. The van der Waals surface area contributed by atoms with Crippen molar-refractivity contribution in [3.05, 3.63) is 59.7 Å². The van der Waals surface area contributed by atoms with E-state index in [0.29, 0.717) is 44.5 Å². The molecule has 0 bridgehead atoms. The fraction of sp³-hybridized carbons (Fsp3) is 0.250. The highest BCUT2D eigenvalue weighted by molar-refractivity contribution is 6.37. The van der Waals surface area contributed by atoms with Crippen molar-refractivity contribution >= 4 is 79.9 Å². The minimum atomic E-state index is -1.37. The molecule has 1 saturated heterocycles. The smallest absolute Gasteiger partial charge is 0.347 e. The Labute approximate surface area is 253 Å². The maximum absolute atomic E-state index is 13.4. The van der Waals surface area contributed by atoms with Gasteiger partial charge < -0.3 is 28.3 Å². The molecule has 7 rings (SSSR count). The topological polar surface area (TPSA) is 158 Å². The highest BCUT2D eigenvalue weighted by Gasteiger charge is 2.49. The number of carbonyl (C=O) groups excluding carboxylic acids is 6. The predicted molar refractivity (Wildman–Crippen MR) is 156 cm³/mol. The summed E-state index contributed by atoms with van der Waals surface area (Å²) in [6, 6.07) is 13.9. The van der Waals surface area contributed by atoms with Crippen LogP contribution in [0.2, 0.25) is 0 Å². The van der Waals surface area contributed by atoms with Crippen LogP contribution in [0.5, 0.6) is 0 Å². The SMILES string of the molecule is CC(=O)O[C@@H]1[C@@H](OC(C)=O)[C@H](OC(C)=O)CO[C@H]1n1c2ccccc2c2c3c(c4c5ccccc5n(C=O)c4c21)C(=O)OC3=O. The summed E-state index contributed by atoms with van der Waals surface area (Å²) in [7, 11) is 0. The number of cyclic esters (lactones) is 2. The van der Waals surface area contributed by atoms with Gasteiger partial charge in [-0.15, -0.1) is 0 Å². The fourth-order valence-corrected chi connectivity index (χ4v) is 6.66. The number of fused-ring (bicyclic) bond motifs is 10. The van der Waals surface area contributed by atoms with E-state index in [2.05, 4.69) is 0 Å². The quantitative estimate of drug-likeness (QED) is 0.124. The summed E-state index contributed by atoms with van der Waals surface area (Å²) in [5.41, 5.74) is 1.56. The van der Waals surface area contributed by atoms with Crippen LogP contribution in [-0.4, -0.2) is 70.3 Å². The molecular weight excluding hydrogens is 588 g/mol. The van der Waals surface area contributed by atoms with Gasteiger partial charge in [-0.1, -0.05) is 36.4 Å². The Morgan fingerprint density at radius 3 is 1.89 bits per heavy atom. The molecule has 3 aromatic carbocycles. The molecule has 45 heavy (non-hydrogen) atoms. The lowest BCUT2D eigenvalue weighted by molar-refractivity contribution is -0.238. The summed E-state index contributed by atoms with van der Waals surface area (Å²) < 4.78 is 31.2. The maximum atomic E-state index is 13.4. The lowest BCUT2D eigenvalue weighted by atomic mass is 9.96. The van der Waals surface area contributed by atoms with Crippen molar-refractivity contribution in [3.8, 4) is 0 Å². The number of hydrogen-bond donors (Lipinski definition) is 0. The number of ether oxygens (including phenoxy) is 5. The molecule has 4 atom stereocenters. The third-order valence-electron chi connectivity index (χ3n) is 8.07. The van der Waals surface area contributed by atoms with Crippen LogP contribution in [0.4, 0.5) is 0 Å². The molecule has 4 heterocycles. The van der Waals surface area contributed by atoms with Gasteiger partial charge in [0, 0.05) is 42.3 Å². The first-order valence-electron chi connectivity index (χ1n) is 14.0. The van der Waals surface area contributed by atoms with Crippen molar-refractivity contribution < 1.29 is 52.5 Å². The molecule has 0 radical (unpaired) electrons. The van der Waals surface area contributed by atoms with Gasteiger partial charge in [0.15, 0.2) is 24.5 Å². The molecular formula is C32H24N2O11. The van der Waals surface area contributed by atoms with E-state index in [-0.39, 0.29) is 23.3 Å². The molecule has 13 heteroatoms. The Bertz CT molecular complexity index is 2160. The van der Waals surface area contributed by atoms with E-state index in [1.807, 2.05) is 0 Å². The molecule has 2 aromatic heterocycles. The summed E-state index contributed by atoms with van der Waals surface area (Å²) in [5.74, 6) is -3.84. The first kappa shape index (κ1) is 28.2. The van der Waals surface area contributed by atoms with Gasteiger partial charge in [0.25, 0.3) is 0 Å². The number of carbonyl (C=O) groups is 6. The van der Waals surface area contributed by atoms with Gasteiger partial charge in [0.2, 0.25) is 6.41 Å². The molecule has 2 aliphatic rings. The average Bonchev–Trinajstić information content (AvgIpc) is 3.60. The van der Waals surface area contributed by atoms with E-state index in [4.69, 9.17) is 23.7 Å². The average molecular weight is 613 g/mol. The maximum Gasteiger partial charge on any atom is 0.347 e. The number of esters is 5. The summed E-state index contributed by atoms with van der Waals surface area (Å²) in [6.07, 6.45) is -4.42. The fourth-order valence-electron chi connectivity index (χ4n) is 6.66. The number of para-hydroxylation sites is 2. The van der Waals surface area contributed by atoms with Gasteiger partial charge in [-0.2, -0.15) is 0 Å². The summed E-state index contributed by atoms with van der Waals surface area (Å²) in [6.45, 7) is 3.25. The first-order chi connectivity index (χ1) is 21.6. The van der Waals surface area contributed by atoms with E-state index in [1.165, 1.54) is 25.3 Å². The summed E-state index contributed by atoms with van der Waals surface area (Å²) in [5, 5.41) is 1.66. The predicted octanol–water partition coefficient (Wildman–Crippen LogP) is 3.58. The zero-order valence-corrected chi connectivity index (χ0v) is 24.1. The zero-order chi connectivity index (χ0) is 31.7. The van der Waals surface area contributed by atoms with Gasteiger partial charge in [-0.25, -0.2) is 9.59 Å². The van der Waals surface area contributed by atoms with Crippen LogP contribution in [0.15, 0.2) is 48.5 Å². The lowest BCUT2D eigenvalue weighted by Crippen LogP contribution is -2.55. The third kappa shape index (κ3) is 4.11. The second-order valence-corrected chi connectivity index (χ2v) is 10.8. The van der Waals surface area contributed by atoms with E-state index < -0.39 is 54.4 Å². The molecule has 2 aliphatic heterocycles. The molecule has 1 fully saturated rings. The molecule has 0 amide bonds. The van der Waals surface area contributed by atoms with Crippen molar-refractivity contribution in [1.29, 1.82) is 0 Å². The Morgan fingerprint density at radius 1 is 0.756 bits per heavy atom. The van der Waals surface area contributed by atoms with E-state index in [9.17, 15) is 28.8 Å². The van der Waals surface area contributed by atoms with E-state index >= 15 is 0 Å². The molecule has 0 saturated carbocycles. The Morgan fingerprint density at radius 2 is 1.29 bits per heavy atom. The monoisotopic (exact) mass is 612 g/mol. The van der Waals surface area contributed by atoms with E-state index in [0.717, 1.165) is 0 Å². The van der Waals surface area contributed by atoms with Crippen LogP contribution in [-0.2, 0) is 42.9 Å². The lowest BCUT2D eigenvalue weighted by Gasteiger charge is -2.41. The molecule has 13 nitrogen and oxygen atoms in total. The Balaban J connectivity index is 1.65. The largest absolute Gasteiger partial charge is 0.456 e. The zero-order valence-electron chi connectivity index (χ0n) is 24.1. The summed E-state index contributed by atoms with van der Waals surface area (Å²) >= 11 is 0. The Hall–Kier alpha value is -5.56. The van der Waals surface area contributed by atoms with Gasteiger partial charge in [0.05, 0.1) is 39.8 Å². The van der Waals surface area contributed by atoms with Gasteiger partial charge in [-0.3, -0.25) is 23.7 Å². The van der Waals surface area contributed by atoms with Crippen LogP contribution < -0.4 is 0 Å². The molecule has 5 aromatic rings. The number of rotatable bonds is 5. The Kier molecular flexibility index (Phi) is 6.44. The molecule has 0 N–H and O–H groups in total. The minimum absolute atomic E-state index is 0.0143. The van der Waals surface area contributed by atoms with E-state index in [1.54, 1.807) is 53.1 Å². The second kappa shape index (κ2) is 10.3. The van der Waals surface area contributed by atoms with Crippen molar-refractivity contribution in [1.82, 2.24) is 9.13 Å².